The highest BCUT2D eigenvalue weighted by Gasteiger charge is 2.27. The molecule has 1 atom stereocenters. The molecule has 0 saturated heterocycles. The van der Waals surface area contributed by atoms with Gasteiger partial charge in [-0.1, -0.05) is 48.5 Å². The molecule has 0 fully saturated rings. The highest BCUT2D eigenvalue weighted by molar-refractivity contribution is 6.38. The third kappa shape index (κ3) is 4.27. The minimum atomic E-state index is -1.09. The Morgan fingerprint density at radius 3 is 2.26 bits per heavy atom. The van der Waals surface area contributed by atoms with Crippen molar-refractivity contribution in [2.45, 2.75) is 12.5 Å². The number of nitrogens with two attached hydrogens (primary N) is 1. The van der Waals surface area contributed by atoms with Gasteiger partial charge < -0.3 is 11.1 Å². The van der Waals surface area contributed by atoms with Crippen LogP contribution in [0.15, 0.2) is 73.2 Å². The highest BCUT2D eigenvalue weighted by atomic mass is 16.2. The van der Waals surface area contributed by atoms with E-state index in [4.69, 9.17) is 5.73 Å². The smallest absolute Gasteiger partial charge is 0.287 e. The summed E-state index contributed by atoms with van der Waals surface area (Å²) in [5.74, 6) is -2.46. The standard InChI is InChI=1S/C20H18N4O3/c21-19(26)18(25)16(11-14-7-3-1-4-8-14)23-20(27)17-12-22-13-24(17)15-9-5-2-6-10-15/h1-10,12-13,16H,11H2,(H2,21,26)(H,23,27)/t16-/m0/s1. The molecule has 0 bridgehead atoms. The molecule has 0 aliphatic rings. The lowest BCUT2D eigenvalue weighted by Crippen LogP contribution is -2.47. The van der Waals surface area contributed by atoms with E-state index in [1.54, 1.807) is 4.57 Å². The Morgan fingerprint density at radius 2 is 1.63 bits per heavy atom. The Labute approximate surface area is 155 Å². The molecule has 3 N–H and O–H groups in total. The second kappa shape index (κ2) is 8.09. The third-order valence-electron chi connectivity index (χ3n) is 4.05. The molecule has 0 saturated carbocycles. The van der Waals surface area contributed by atoms with Crippen LogP contribution in [0.4, 0.5) is 0 Å². The summed E-state index contributed by atoms with van der Waals surface area (Å²) in [6.45, 7) is 0. The Morgan fingerprint density at radius 1 is 1.00 bits per heavy atom. The van der Waals surface area contributed by atoms with Crippen molar-refractivity contribution in [2.24, 2.45) is 5.73 Å². The van der Waals surface area contributed by atoms with Crippen LogP contribution >= 0.6 is 0 Å². The quantitative estimate of drug-likeness (QED) is 0.617. The maximum atomic E-state index is 12.8. The van der Waals surface area contributed by atoms with E-state index < -0.39 is 23.6 Å². The molecular weight excluding hydrogens is 344 g/mol. The number of aromatic nitrogens is 2. The Balaban J connectivity index is 1.84. The van der Waals surface area contributed by atoms with Gasteiger partial charge in [0.15, 0.2) is 0 Å². The number of amides is 2. The number of benzene rings is 2. The van der Waals surface area contributed by atoms with E-state index in [0.29, 0.717) is 0 Å². The molecule has 0 radical (unpaired) electrons. The largest absolute Gasteiger partial charge is 0.363 e. The fraction of sp³-hybridized carbons (Fsp3) is 0.100. The van der Waals surface area contributed by atoms with Crippen LogP contribution in [0.5, 0.6) is 0 Å². The van der Waals surface area contributed by atoms with Crippen LogP contribution in [0.25, 0.3) is 5.69 Å². The van der Waals surface area contributed by atoms with Gasteiger partial charge >= 0.3 is 0 Å². The maximum Gasteiger partial charge on any atom is 0.287 e. The van der Waals surface area contributed by atoms with Crippen LogP contribution < -0.4 is 11.1 Å². The molecule has 0 unspecified atom stereocenters. The van der Waals surface area contributed by atoms with E-state index in [-0.39, 0.29) is 12.1 Å². The number of nitrogens with one attached hydrogen (secondary N) is 1. The van der Waals surface area contributed by atoms with E-state index in [1.165, 1.54) is 12.5 Å². The summed E-state index contributed by atoms with van der Waals surface area (Å²) in [5, 5.41) is 2.61. The van der Waals surface area contributed by atoms with Gasteiger partial charge in [-0.05, 0) is 17.7 Å². The minimum Gasteiger partial charge on any atom is -0.363 e. The molecule has 0 aliphatic carbocycles. The van der Waals surface area contributed by atoms with E-state index in [9.17, 15) is 14.4 Å². The number of ketones is 1. The van der Waals surface area contributed by atoms with Crippen molar-refractivity contribution < 1.29 is 14.4 Å². The molecule has 2 aromatic carbocycles. The topological polar surface area (TPSA) is 107 Å². The normalized spacial score (nSPS) is 11.6. The molecule has 136 valence electrons. The van der Waals surface area contributed by atoms with Gasteiger partial charge in [-0.3, -0.25) is 19.0 Å². The molecule has 7 heteroatoms. The third-order valence-corrected chi connectivity index (χ3v) is 4.05. The Bertz CT molecular complexity index is 952. The van der Waals surface area contributed by atoms with Crippen molar-refractivity contribution in [3.63, 3.8) is 0 Å². The summed E-state index contributed by atoms with van der Waals surface area (Å²) in [6.07, 6.45) is 3.07. The number of rotatable bonds is 7. The van der Waals surface area contributed by atoms with Gasteiger partial charge in [-0.25, -0.2) is 4.98 Å². The summed E-state index contributed by atoms with van der Waals surface area (Å²) < 4.78 is 1.60. The lowest BCUT2D eigenvalue weighted by Gasteiger charge is -2.17. The van der Waals surface area contributed by atoms with Crippen molar-refractivity contribution in [2.75, 3.05) is 0 Å². The summed E-state index contributed by atoms with van der Waals surface area (Å²) in [7, 11) is 0. The zero-order chi connectivity index (χ0) is 19.2. The predicted molar refractivity (Wildman–Crippen MR) is 99.2 cm³/mol. The van der Waals surface area contributed by atoms with Gasteiger partial charge in [0.2, 0.25) is 5.78 Å². The lowest BCUT2D eigenvalue weighted by molar-refractivity contribution is -0.137. The number of hydrogen-bond acceptors (Lipinski definition) is 4. The fourth-order valence-electron chi connectivity index (χ4n) is 2.72. The average Bonchev–Trinajstić information content (AvgIpc) is 3.18. The molecule has 3 rings (SSSR count). The molecule has 0 aliphatic heterocycles. The van der Waals surface area contributed by atoms with Gasteiger partial charge in [0, 0.05) is 12.1 Å². The number of imidazole rings is 1. The molecule has 2 amide bonds. The first-order chi connectivity index (χ1) is 13.1. The number of para-hydroxylation sites is 1. The van der Waals surface area contributed by atoms with E-state index in [1.807, 2.05) is 60.7 Å². The van der Waals surface area contributed by atoms with Gasteiger partial charge in [0.1, 0.15) is 11.7 Å². The van der Waals surface area contributed by atoms with Gasteiger partial charge in [-0.2, -0.15) is 0 Å². The summed E-state index contributed by atoms with van der Waals surface area (Å²) in [6, 6.07) is 17.2. The van der Waals surface area contributed by atoms with Crippen molar-refractivity contribution in [1.29, 1.82) is 0 Å². The fourth-order valence-corrected chi connectivity index (χ4v) is 2.72. The zero-order valence-corrected chi connectivity index (χ0v) is 14.4. The first-order valence-electron chi connectivity index (χ1n) is 8.32. The van der Waals surface area contributed by atoms with Crippen molar-refractivity contribution in [1.82, 2.24) is 14.9 Å². The number of primary amides is 1. The summed E-state index contributed by atoms with van der Waals surface area (Å²) in [5.41, 5.74) is 6.95. The molecule has 0 spiro atoms. The highest BCUT2D eigenvalue weighted by Crippen LogP contribution is 2.12. The SMILES string of the molecule is NC(=O)C(=O)[C@H](Cc1ccccc1)NC(=O)c1cncn1-c1ccccc1. The zero-order valence-electron chi connectivity index (χ0n) is 14.4. The van der Waals surface area contributed by atoms with Crippen LogP contribution in [0.1, 0.15) is 16.1 Å². The van der Waals surface area contributed by atoms with Crippen LogP contribution in [-0.2, 0) is 16.0 Å². The molecular formula is C20H18N4O3. The van der Waals surface area contributed by atoms with E-state index in [0.717, 1.165) is 11.3 Å². The van der Waals surface area contributed by atoms with Crippen LogP contribution in [-0.4, -0.2) is 33.2 Å². The number of carbonyl (C=O) groups excluding carboxylic acids is 3. The van der Waals surface area contributed by atoms with Crippen molar-refractivity contribution in [3.05, 3.63) is 84.4 Å². The monoisotopic (exact) mass is 362 g/mol. The van der Waals surface area contributed by atoms with Crippen LogP contribution in [0, 0.1) is 0 Å². The van der Waals surface area contributed by atoms with Crippen molar-refractivity contribution in [3.8, 4) is 5.69 Å². The lowest BCUT2D eigenvalue weighted by atomic mass is 10.0. The number of carbonyl (C=O) groups is 3. The predicted octanol–water partition coefficient (Wildman–Crippen LogP) is 1.27. The van der Waals surface area contributed by atoms with Gasteiger partial charge in [-0.15, -0.1) is 0 Å². The van der Waals surface area contributed by atoms with Gasteiger partial charge in [0.25, 0.3) is 11.8 Å². The van der Waals surface area contributed by atoms with Crippen LogP contribution in [0.2, 0.25) is 0 Å². The van der Waals surface area contributed by atoms with Crippen molar-refractivity contribution >= 4 is 17.6 Å². The molecule has 7 nitrogen and oxygen atoms in total. The van der Waals surface area contributed by atoms with Gasteiger partial charge in [0.05, 0.1) is 12.5 Å². The van der Waals surface area contributed by atoms with Crippen LogP contribution in [0.3, 0.4) is 0 Å². The Hall–Kier alpha value is -3.74. The minimum absolute atomic E-state index is 0.161. The molecule has 27 heavy (non-hydrogen) atoms. The number of Topliss-reactive ketones (excluding diaryl/α,β-unsaturated/α-hetero) is 1. The second-order valence-electron chi connectivity index (χ2n) is 5.93. The maximum absolute atomic E-state index is 12.8. The summed E-state index contributed by atoms with van der Waals surface area (Å²) >= 11 is 0. The molecule has 3 aromatic rings. The first-order valence-corrected chi connectivity index (χ1v) is 8.32. The number of hydrogen-bond donors (Lipinski definition) is 2. The molecule has 1 heterocycles. The number of nitrogens with zero attached hydrogens (tertiary/aromatic N) is 2. The van der Waals surface area contributed by atoms with E-state index in [2.05, 4.69) is 10.3 Å². The summed E-state index contributed by atoms with van der Waals surface area (Å²) in [4.78, 5) is 40.4. The molecule has 1 aromatic heterocycles. The second-order valence-corrected chi connectivity index (χ2v) is 5.93. The first kappa shape index (κ1) is 18.1. The van der Waals surface area contributed by atoms with E-state index >= 15 is 0 Å². The Kier molecular flexibility index (Phi) is 5.41. The average molecular weight is 362 g/mol.